The molecule has 1 aromatic carbocycles. The normalized spacial score (nSPS) is 11.8. The summed E-state index contributed by atoms with van der Waals surface area (Å²) in [5.74, 6) is 0.163. The Morgan fingerprint density at radius 1 is 1.25 bits per heavy atom. The fourth-order valence-corrected chi connectivity index (χ4v) is 3.36. The highest BCUT2D eigenvalue weighted by Crippen LogP contribution is 2.19. The van der Waals surface area contributed by atoms with E-state index in [1.54, 1.807) is 17.8 Å². The number of anilines is 1. The quantitative estimate of drug-likeness (QED) is 0.543. The molecule has 6 heteroatoms. The van der Waals surface area contributed by atoms with Crippen LogP contribution < -0.4 is 10.0 Å². The molecule has 1 aromatic rings. The molecule has 0 unspecified atom stereocenters. The van der Waals surface area contributed by atoms with E-state index >= 15 is 0 Å². The van der Waals surface area contributed by atoms with Crippen LogP contribution in [0.4, 0.5) is 5.69 Å². The van der Waals surface area contributed by atoms with Crippen LogP contribution in [0.1, 0.15) is 26.7 Å². The van der Waals surface area contributed by atoms with E-state index in [9.17, 15) is 8.42 Å². The summed E-state index contributed by atoms with van der Waals surface area (Å²) in [4.78, 5) is 1.05. The fourth-order valence-electron chi connectivity index (χ4n) is 1.72. The van der Waals surface area contributed by atoms with E-state index in [0.29, 0.717) is 18.2 Å². The van der Waals surface area contributed by atoms with Gasteiger partial charge in [0, 0.05) is 16.6 Å². The van der Waals surface area contributed by atoms with E-state index < -0.39 is 10.0 Å². The maximum absolute atomic E-state index is 12.0. The van der Waals surface area contributed by atoms with Crippen LogP contribution in [0.25, 0.3) is 0 Å². The van der Waals surface area contributed by atoms with Crippen LogP contribution in [0.2, 0.25) is 0 Å². The summed E-state index contributed by atoms with van der Waals surface area (Å²) < 4.78 is 26.5. The van der Waals surface area contributed by atoms with Gasteiger partial charge in [0.2, 0.25) is 10.0 Å². The summed E-state index contributed by atoms with van der Waals surface area (Å²) in [6, 6.07) is 7.88. The minimum Gasteiger partial charge on any atom is -0.315 e. The Bertz CT molecular complexity index is 502. The average Bonchev–Trinajstić information content (AvgIpc) is 2.37. The molecule has 2 N–H and O–H groups in total. The van der Waals surface area contributed by atoms with E-state index in [-0.39, 0.29) is 5.75 Å². The first-order valence-electron chi connectivity index (χ1n) is 6.81. The minimum atomic E-state index is -3.25. The first kappa shape index (κ1) is 17.3. The maximum atomic E-state index is 12.0. The van der Waals surface area contributed by atoms with Gasteiger partial charge >= 0.3 is 0 Å². The van der Waals surface area contributed by atoms with Crippen LogP contribution in [0.15, 0.2) is 29.2 Å². The number of hydrogen-bond donors (Lipinski definition) is 2. The van der Waals surface area contributed by atoms with Gasteiger partial charge in [0.15, 0.2) is 0 Å². The molecule has 114 valence electrons. The highest BCUT2D eigenvalue weighted by atomic mass is 32.2. The number of rotatable bonds is 9. The van der Waals surface area contributed by atoms with Crippen molar-refractivity contribution < 1.29 is 8.42 Å². The van der Waals surface area contributed by atoms with Crippen LogP contribution in [0.3, 0.4) is 0 Å². The molecule has 1 rings (SSSR count). The first-order valence-corrected chi connectivity index (χ1v) is 9.68. The van der Waals surface area contributed by atoms with Crippen molar-refractivity contribution in [2.24, 2.45) is 0 Å². The lowest BCUT2D eigenvalue weighted by Crippen LogP contribution is -2.24. The number of sulfonamides is 1. The summed E-state index contributed by atoms with van der Waals surface area (Å²) in [5, 5.41) is 3.28. The highest BCUT2D eigenvalue weighted by molar-refractivity contribution is 7.98. The topological polar surface area (TPSA) is 58.2 Å². The van der Waals surface area contributed by atoms with E-state index in [0.717, 1.165) is 17.9 Å². The number of unbranched alkanes of at least 4 members (excludes halogenated alkanes) is 1. The van der Waals surface area contributed by atoms with Gasteiger partial charge in [-0.1, -0.05) is 19.9 Å². The van der Waals surface area contributed by atoms with Gasteiger partial charge in [-0.3, -0.25) is 4.72 Å². The molecule has 0 aromatic heterocycles. The molecule has 0 saturated heterocycles. The van der Waals surface area contributed by atoms with Crippen LogP contribution in [0, 0.1) is 0 Å². The van der Waals surface area contributed by atoms with E-state index in [2.05, 4.69) is 23.9 Å². The van der Waals surface area contributed by atoms with Gasteiger partial charge in [-0.15, -0.1) is 11.8 Å². The van der Waals surface area contributed by atoms with Crippen molar-refractivity contribution in [1.29, 1.82) is 0 Å². The molecule has 0 heterocycles. The number of thioether (sulfide) groups is 1. The Hall–Kier alpha value is -0.720. The second-order valence-electron chi connectivity index (χ2n) is 4.97. The molecular formula is C14H24N2O2S2. The molecule has 4 nitrogen and oxygen atoms in total. The van der Waals surface area contributed by atoms with Crippen LogP contribution in [-0.4, -0.2) is 33.0 Å². The van der Waals surface area contributed by atoms with Crippen molar-refractivity contribution in [3.63, 3.8) is 0 Å². The third-order valence-electron chi connectivity index (χ3n) is 2.74. The summed E-state index contributed by atoms with van der Waals surface area (Å²) in [7, 11) is -3.25. The third kappa shape index (κ3) is 7.17. The average molecular weight is 316 g/mol. The van der Waals surface area contributed by atoms with Gasteiger partial charge < -0.3 is 5.32 Å². The lowest BCUT2D eigenvalue weighted by molar-refractivity contribution is 0.561. The predicted molar refractivity (Wildman–Crippen MR) is 88.0 cm³/mol. The Kier molecular flexibility index (Phi) is 7.40. The molecule has 0 saturated carbocycles. The SMILES string of the molecule is CSc1cccc(NS(=O)(=O)CCCCNC(C)C)c1. The van der Waals surface area contributed by atoms with Gasteiger partial charge in [-0.2, -0.15) is 0 Å². The molecule has 20 heavy (non-hydrogen) atoms. The zero-order valence-electron chi connectivity index (χ0n) is 12.3. The van der Waals surface area contributed by atoms with Gasteiger partial charge in [-0.25, -0.2) is 8.42 Å². The van der Waals surface area contributed by atoms with Crippen molar-refractivity contribution in [2.75, 3.05) is 23.3 Å². The molecule has 0 amide bonds. The zero-order valence-corrected chi connectivity index (χ0v) is 14.0. The molecule has 0 fully saturated rings. The summed E-state index contributed by atoms with van der Waals surface area (Å²) in [6.45, 7) is 5.02. The molecule has 0 atom stereocenters. The third-order valence-corrected chi connectivity index (χ3v) is 4.83. The van der Waals surface area contributed by atoms with Crippen LogP contribution >= 0.6 is 11.8 Å². The van der Waals surface area contributed by atoms with Crippen molar-refractivity contribution in [1.82, 2.24) is 5.32 Å². The van der Waals surface area contributed by atoms with Crippen molar-refractivity contribution in [2.45, 2.75) is 37.6 Å². The number of nitrogens with one attached hydrogen (secondary N) is 2. The Morgan fingerprint density at radius 2 is 2.00 bits per heavy atom. The second kappa shape index (κ2) is 8.54. The minimum absolute atomic E-state index is 0.163. The second-order valence-corrected chi connectivity index (χ2v) is 7.69. The zero-order chi connectivity index (χ0) is 15.0. The largest absolute Gasteiger partial charge is 0.315 e. The standard InChI is InChI=1S/C14H24N2O2S2/c1-12(2)15-9-4-5-10-20(17,18)16-13-7-6-8-14(11-13)19-3/h6-8,11-12,15-16H,4-5,9-10H2,1-3H3. The molecule has 0 aliphatic heterocycles. The summed E-state index contributed by atoms with van der Waals surface area (Å²) >= 11 is 1.59. The maximum Gasteiger partial charge on any atom is 0.232 e. The monoisotopic (exact) mass is 316 g/mol. The van der Waals surface area contributed by atoms with Gasteiger partial charge in [0.05, 0.1) is 5.75 Å². The van der Waals surface area contributed by atoms with E-state index in [1.165, 1.54) is 0 Å². The fraction of sp³-hybridized carbons (Fsp3) is 0.571. The summed E-state index contributed by atoms with van der Waals surface area (Å²) in [6.07, 6.45) is 3.50. The van der Waals surface area contributed by atoms with Crippen molar-refractivity contribution in [3.05, 3.63) is 24.3 Å². The van der Waals surface area contributed by atoms with E-state index in [1.807, 2.05) is 24.5 Å². The predicted octanol–water partition coefficient (Wildman–Crippen LogP) is 2.93. The Labute approximate surface area is 126 Å². The molecule has 0 bridgehead atoms. The Morgan fingerprint density at radius 3 is 2.65 bits per heavy atom. The molecular weight excluding hydrogens is 292 g/mol. The summed E-state index contributed by atoms with van der Waals surface area (Å²) in [5.41, 5.74) is 0.636. The molecule has 0 radical (unpaired) electrons. The van der Waals surface area contributed by atoms with Crippen LogP contribution in [-0.2, 0) is 10.0 Å². The molecule has 0 spiro atoms. The van der Waals surface area contributed by atoms with Crippen LogP contribution in [0.5, 0.6) is 0 Å². The van der Waals surface area contributed by atoms with Crippen molar-refractivity contribution in [3.8, 4) is 0 Å². The van der Waals surface area contributed by atoms with Gasteiger partial charge in [0.1, 0.15) is 0 Å². The van der Waals surface area contributed by atoms with Gasteiger partial charge in [-0.05, 0) is 43.8 Å². The van der Waals surface area contributed by atoms with E-state index in [4.69, 9.17) is 0 Å². The smallest absolute Gasteiger partial charge is 0.232 e. The number of benzene rings is 1. The highest BCUT2D eigenvalue weighted by Gasteiger charge is 2.10. The Balaban J connectivity index is 2.41. The molecule has 0 aliphatic carbocycles. The molecule has 0 aliphatic rings. The lowest BCUT2D eigenvalue weighted by Gasteiger charge is -2.10. The first-order chi connectivity index (χ1) is 9.43. The van der Waals surface area contributed by atoms with Gasteiger partial charge in [0.25, 0.3) is 0 Å². The lowest BCUT2D eigenvalue weighted by atomic mass is 10.3. The number of hydrogen-bond acceptors (Lipinski definition) is 4. The van der Waals surface area contributed by atoms with Crippen molar-refractivity contribution >= 4 is 27.5 Å².